The molecule has 0 aromatic heterocycles. The molecule has 2 nitrogen and oxygen atoms in total. The van der Waals surface area contributed by atoms with E-state index in [4.69, 9.17) is 8.13 Å². The van der Waals surface area contributed by atoms with Gasteiger partial charge in [0.2, 0.25) is 0 Å². The van der Waals surface area contributed by atoms with Crippen LogP contribution in [0.5, 0.6) is 0 Å². The van der Waals surface area contributed by atoms with Crippen molar-refractivity contribution in [2.24, 2.45) is 0 Å². The van der Waals surface area contributed by atoms with E-state index < -0.39 is 27.3 Å². The van der Waals surface area contributed by atoms with Crippen molar-refractivity contribution < 1.29 is 88.1 Å². The molecule has 0 aromatic rings. The SMILES string of the molecule is C.C.C.C.[Ac].[Ac].[GaH2][I].[GaH2][I].[GaH2][I].[GaH2][I].[GaH2][I].[GaH2][I].[GaH2][I].[N-]=[Ga][I].[N-]=[Ga][I]. The van der Waals surface area contributed by atoms with Gasteiger partial charge in [-0.1, -0.05) is 29.7 Å². The second-order valence-corrected chi connectivity index (χ2v) is 6.80. The third kappa shape index (κ3) is 253. The van der Waals surface area contributed by atoms with Gasteiger partial charge >= 0.3 is 318 Å². The first-order valence-corrected chi connectivity index (χ1v) is 110. The first-order valence-electron chi connectivity index (χ1n) is 3.60. The molecule has 0 atom stereocenters. The quantitative estimate of drug-likeness (QED) is 0.262. The molecule has 0 bridgehead atoms. The Labute approximate surface area is 420 Å². The van der Waals surface area contributed by atoms with Gasteiger partial charge in [-0.25, -0.2) is 0 Å². The van der Waals surface area contributed by atoms with Crippen LogP contribution in [0.3, 0.4) is 0 Å². The molecule has 22 heteroatoms. The fraction of sp³-hybridized carbons (Fsp3) is 1.00. The van der Waals surface area contributed by atoms with E-state index in [1.54, 1.807) is 0 Å². The summed E-state index contributed by atoms with van der Waals surface area (Å²) in [6, 6.07) is 0. The molecule has 0 amide bonds. The van der Waals surface area contributed by atoms with E-state index in [2.05, 4.69) is 138 Å². The van der Waals surface area contributed by atoms with Crippen LogP contribution in [0.4, 0.5) is 0 Å². The molecule has 26 heavy (non-hydrogen) atoms. The molecule has 0 saturated carbocycles. The molecule has 154 valence electrons. The van der Waals surface area contributed by atoms with E-state index in [-0.39, 0.29) is 118 Å². The standard InChI is InChI=1S/4CH4.2Ac.9Ga.9HI.2N.14H/h4*1H4;;;;;;;;;;;;9*1H;;;;;;;;;;;;;;;;/q;;;;;;9*+1;;;;;;;;;;2*-1;;;;;;;;;;;;;;/p-9. The molecule has 0 spiro atoms. The van der Waals surface area contributed by atoms with E-state index in [1.807, 2.05) is 39.3 Å². The summed E-state index contributed by atoms with van der Waals surface area (Å²) in [6.07, 6.45) is 0. The van der Waals surface area contributed by atoms with Gasteiger partial charge in [0.05, 0.1) is 0 Å². The second kappa shape index (κ2) is 212. The van der Waals surface area contributed by atoms with Crippen LogP contribution >= 0.6 is 177 Å². The van der Waals surface area contributed by atoms with E-state index in [0.29, 0.717) is 0 Å². The molecule has 0 N–H and O–H groups in total. The van der Waals surface area contributed by atoms with Crippen LogP contribution in [0, 0.1) is 88.1 Å². The van der Waals surface area contributed by atoms with Gasteiger partial charge in [-0.3, -0.25) is 0 Å². The van der Waals surface area contributed by atoms with Crippen molar-refractivity contribution in [1.29, 1.82) is 0 Å². The van der Waals surface area contributed by atoms with Crippen LogP contribution in [0.2, 0.25) is 0 Å². The molecule has 0 saturated heterocycles. The zero-order valence-electron chi connectivity index (χ0n) is 13.6. The van der Waals surface area contributed by atoms with Crippen LogP contribution in [0.15, 0.2) is 0 Å². The Kier molecular flexibility index (Phi) is 793. The van der Waals surface area contributed by atoms with E-state index in [9.17, 15) is 0 Å². The maximum absolute atomic E-state index is 7.71. The molecule has 2 radical (unpaired) electrons. The van der Waals surface area contributed by atoms with E-state index in [1.165, 1.54) is 0 Å². The Bertz CT molecular complexity index is 74.2. The molecule has 0 fully saturated rings. The van der Waals surface area contributed by atoms with Crippen molar-refractivity contribution >= 4 is 310 Å². The Morgan fingerprint density at radius 1 is 0.385 bits per heavy atom. The minimum absolute atomic E-state index is 0. The first-order chi connectivity index (χ1) is 9.83. The summed E-state index contributed by atoms with van der Waals surface area (Å²) in [5.74, 6) is 0. The number of halogens is 9. The molecule has 0 unspecified atom stereocenters. The van der Waals surface area contributed by atoms with Crippen LogP contribution in [-0.4, -0.2) is 133 Å². The van der Waals surface area contributed by atoms with E-state index >= 15 is 0 Å². The van der Waals surface area contributed by atoms with Crippen LogP contribution < -0.4 is 0 Å². The minimum atomic E-state index is -0.718. The van der Waals surface area contributed by atoms with Gasteiger partial charge in [0.15, 0.2) is 0 Å². The number of hydrogen-bond donors (Lipinski definition) is 0. The molecule has 0 heterocycles. The third-order valence-electron chi connectivity index (χ3n) is 0. The fourth-order valence-corrected chi connectivity index (χ4v) is 0. The van der Waals surface area contributed by atoms with Crippen molar-refractivity contribution in [1.82, 2.24) is 0 Å². The summed E-state index contributed by atoms with van der Waals surface area (Å²) in [5.41, 5.74) is 0. The van der Waals surface area contributed by atoms with Crippen molar-refractivity contribution in [3.8, 4) is 0 Å². The average molecular weight is 2330 g/mol. The first kappa shape index (κ1) is 97.1. The molecule has 0 aliphatic carbocycles. The van der Waals surface area contributed by atoms with Crippen molar-refractivity contribution in [3.05, 3.63) is 8.13 Å². The van der Waals surface area contributed by atoms with Gasteiger partial charge in [-0.05, 0) is 0 Å². The van der Waals surface area contributed by atoms with Crippen LogP contribution in [0.1, 0.15) is 29.7 Å². The molecule has 0 aliphatic heterocycles. The van der Waals surface area contributed by atoms with Gasteiger partial charge in [-0.15, -0.1) is 0 Å². The number of rotatable bonds is 0. The summed E-state index contributed by atoms with van der Waals surface area (Å²) in [4.78, 5) is 0. The summed E-state index contributed by atoms with van der Waals surface area (Å²) >= 11 is 26.2. The Balaban J connectivity index is -0.00000000394. The molecular weight excluding hydrogens is 2300 g/mol. The van der Waals surface area contributed by atoms with Crippen molar-refractivity contribution in [3.63, 3.8) is 0 Å². The van der Waals surface area contributed by atoms with Crippen LogP contribution in [0.25, 0.3) is 8.13 Å². The predicted molar refractivity (Wildman–Crippen MR) is 231 cm³/mol. The van der Waals surface area contributed by atoms with Gasteiger partial charge in [0, 0.05) is 88.1 Å². The molecular formula is C4H30Ac2Ga9I9N2-2. The van der Waals surface area contributed by atoms with Crippen LogP contribution in [-0.2, 0) is 0 Å². The Morgan fingerprint density at radius 2 is 0.385 bits per heavy atom. The fourth-order valence-electron chi connectivity index (χ4n) is 0. The van der Waals surface area contributed by atoms with Gasteiger partial charge < -0.3 is 0 Å². The zero-order chi connectivity index (χ0) is 19.4. The predicted octanol–water partition coefficient (Wildman–Crippen LogP) is 3.92. The van der Waals surface area contributed by atoms with Crippen molar-refractivity contribution in [2.45, 2.75) is 29.7 Å². The van der Waals surface area contributed by atoms with Gasteiger partial charge in [0.1, 0.15) is 0 Å². The average Bonchev–Trinajstić information content (AvgIpc) is 2.61. The van der Waals surface area contributed by atoms with Gasteiger partial charge in [0.25, 0.3) is 0 Å². The monoisotopic (exact) mass is 2320 g/mol. The maximum atomic E-state index is 7.71. The summed E-state index contributed by atoms with van der Waals surface area (Å²) in [6.45, 7) is 0. The molecule has 0 aromatic carbocycles. The summed E-state index contributed by atoms with van der Waals surface area (Å²) < 4.78 is 15.4. The molecule has 0 rings (SSSR count). The topological polar surface area (TPSA) is 44.6 Å². The van der Waals surface area contributed by atoms with Crippen molar-refractivity contribution in [2.75, 3.05) is 0 Å². The number of nitrogens with zero attached hydrogens (tertiary/aromatic N) is 2. The summed E-state index contributed by atoms with van der Waals surface area (Å²) in [7, 11) is 0. The normalized spacial score (nSPS) is 2.04. The summed E-state index contributed by atoms with van der Waals surface area (Å²) in [5, 5.41) is 0. The molecule has 0 aliphatic rings. The second-order valence-electron chi connectivity index (χ2n) is 0.195. The third-order valence-corrected chi connectivity index (χ3v) is 0. The van der Waals surface area contributed by atoms with Gasteiger partial charge in [-0.2, -0.15) is 0 Å². The zero-order valence-corrected chi connectivity index (χ0v) is 76.7. The Morgan fingerprint density at radius 3 is 0.385 bits per heavy atom. The Hall–Kier alpha value is 14.8. The van der Waals surface area contributed by atoms with E-state index in [0.717, 1.165) is 105 Å². The number of hydrogen-bond acceptors (Lipinski definition) is 0.